The third kappa shape index (κ3) is 2.57. The zero-order valence-corrected chi connectivity index (χ0v) is 13.7. The van der Waals surface area contributed by atoms with Crippen LogP contribution in [-0.4, -0.2) is 16.7 Å². The van der Waals surface area contributed by atoms with Crippen LogP contribution in [0, 0.1) is 26.0 Å². The summed E-state index contributed by atoms with van der Waals surface area (Å²) in [6, 6.07) is 15.9. The predicted molar refractivity (Wildman–Crippen MR) is 88.7 cm³/mol. The molecule has 1 heterocycles. The largest absolute Gasteiger partial charge is 0.507 e. The van der Waals surface area contributed by atoms with Gasteiger partial charge in [0.2, 0.25) is 0 Å². The molecule has 0 saturated heterocycles. The lowest BCUT2D eigenvalue weighted by Gasteiger charge is -2.16. The van der Waals surface area contributed by atoms with Gasteiger partial charge in [0.05, 0.1) is 0 Å². The molecule has 3 rings (SSSR count). The Morgan fingerprint density at radius 3 is 2.39 bits per heavy atom. The fourth-order valence-electron chi connectivity index (χ4n) is 2.65. The van der Waals surface area contributed by atoms with Crippen LogP contribution in [0.25, 0.3) is 16.7 Å². The molecule has 2 aromatic rings. The van der Waals surface area contributed by atoms with E-state index in [4.69, 9.17) is 4.74 Å². The molecule has 3 nitrogen and oxygen atoms in total. The Hall–Kier alpha value is -2.73. The van der Waals surface area contributed by atoms with E-state index in [0.717, 1.165) is 22.3 Å². The minimum Gasteiger partial charge on any atom is -0.507 e. The normalized spacial score (nSPS) is 16.3. The van der Waals surface area contributed by atoms with Crippen LogP contribution in [0.4, 0.5) is 0 Å². The number of ether oxygens (including phenoxy) is 1. The van der Waals surface area contributed by atoms with Gasteiger partial charge in [-0.1, -0.05) is 24.3 Å². The van der Waals surface area contributed by atoms with Crippen LogP contribution in [0.3, 0.4) is 0 Å². The van der Waals surface area contributed by atoms with Gasteiger partial charge in [-0.2, -0.15) is 0 Å². The summed E-state index contributed by atoms with van der Waals surface area (Å²) in [5, 5.41) is 10.4. The first-order chi connectivity index (χ1) is 10.8. The van der Waals surface area contributed by atoms with Gasteiger partial charge in [0.1, 0.15) is 5.57 Å². The van der Waals surface area contributed by atoms with Gasteiger partial charge in [0.25, 0.3) is 0 Å². The summed E-state index contributed by atoms with van der Waals surface area (Å²) >= 11 is 0. The summed E-state index contributed by atoms with van der Waals surface area (Å²) in [5.74, 6) is -0.519. The quantitative estimate of drug-likeness (QED) is 0.847. The first-order valence-electron chi connectivity index (χ1n) is 7.48. The molecule has 0 radical (unpaired) electrons. The lowest BCUT2D eigenvalue weighted by atomic mass is 9.93. The molecule has 0 aromatic heterocycles. The number of hydrogen-bond acceptors (Lipinski definition) is 3. The second-order valence-corrected chi connectivity index (χ2v) is 6.33. The van der Waals surface area contributed by atoms with Gasteiger partial charge in [0, 0.05) is 5.56 Å². The SMILES string of the molecule is Cc1c#cc(-c2ccc(C)c(C3=C(O)C(C)(C)OC3=O)c2)cc1. The highest BCUT2D eigenvalue weighted by molar-refractivity contribution is 6.20. The van der Waals surface area contributed by atoms with Gasteiger partial charge in [0.15, 0.2) is 11.4 Å². The second kappa shape index (κ2) is 5.17. The highest BCUT2D eigenvalue weighted by Crippen LogP contribution is 2.38. The Morgan fingerprint density at radius 1 is 1.09 bits per heavy atom. The smallest absolute Gasteiger partial charge is 0.343 e. The molecule has 0 spiro atoms. The Balaban J connectivity index is 2.14. The Kier molecular flexibility index (Phi) is 3.41. The van der Waals surface area contributed by atoms with E-state index in [0.29, 0.717) is 5.56 Å². The van der Waals surface area contributed by atoms with E-state index in [2.05, 4.69) is 12.1 Å². The molecular formula is C20H18O3. The fraction of sp³-hybridized carbons (Fsp3) is 0.250. The maximum absolute atomic E-state index is 12.2. The molecule has 0 bridgehead atoms. The molecule has 1 aliphatic rings. The van der Waals surface area contributed by atoms with E-state index in [1.54, 1.807) is 13.8 Å². The fourth-order valence-corrected chi connectivity index (χ4v) is 2.65. The molecule has 0 fully saturated rings. The number of benzene rings is 1. The number of carbonyl (C=O) groups excluding carboxylic acids is 1. The number of aliphatic hydroxyl groups is 1. The van der Waals surface area contributed by atoms with Crippen LogP contribution in [0.5, 0.6) is 0 Å². The van der Waals surface area contributed by atoms with E-state index in [-0.39, 0.29) is 11.3 Å². The molecule has 0 atom stereocenters. The molecule has 23 heavy (non-hydrogen) atoms. The minimum atomic E-state index is -0.987. The van der Waals surface area contributed by atoms with Crippen molar-refractivity contribution in [1.82, 2.24) is 0 Å². The summed E-state index contributed by atoms with van der Waals surface area (Å²) in [6.07, 6.45) is 0. The molecule has 0 amide bonds. The van der Waals surface area contributed by atoms with E-state index in [1.165, 1.54) is 0 Å². The van der Waals surface area contributed by atoms with Gasteiger partial charge in [-0.05, 0) is 68.1 Å². The van der Waals surface area contributed by atoms with Gasteiger partial charge in [-0.3, -0.25) is 0 Å². The molecule has 0 aliphatic carbocycles. The van der Waals surface area contributed by atoms with E-state index in [1.807, 2.05) is 44.2 Å². The second-order valence-electron chi connectivity index (χ2n) is 6.33. The van der Waals surface area contributed by atoms with Crippen molar-refractivity contribution in [3.8, 4) is 11.1 Å². The third-order valence-electron chi connectivity index (χ3n) is 4.07. The van der Waals surface area contributed by atoms with Crippen molar-refractivity contribution in [2.24, 2.45) is 0 Å². The van der Waals surface area contributed by atoms with Crippen molar-refractivity contribution >= 4 is 11.5 Å². The Labute approximate surface area is 136 Å². The average molecular weight is 306 g/mol. The summed E-state index contributed by atoms with van der Waals surface area (Å²) < 4.78 is 5.27. The number of aryl methyl sites for hydroxylation is 2. The Bertz CT molecular complexity index is 811. The minimum absolute atomic E-state index is 0.0257. The number of cyclic esters (lactones) is 1. The number of hydrogen-bond donors (Lipinski definition) is 1. The van der Waals surface area contributed by atoms with Crippen molar-refractivity contribution in [2.45, 2.75) is 33.3 Å². The third-order valence-corrected chi connectivity index (χ3v) is 4.07. The van der Waals surface area contributed by atoms with Gasteiger partial charge < -0.3 is 9.84 Å². The van der Waals surface area contributed by atoms with E-state index >= 15 is 0 Å². The Morgan fingerprint density at radius 2 is 1.83 bits per heavy atom. The molecule has 1 aliphatic heterocycles. The molecule has 116 valence electrons. The van der Waals surface area contributed by atoms with Gasteiger partial charge in [-0.25, -0.2) is 4.79 Å². The van der Waals surface area contributed by atoms with Crippen LogP contribution in [0.1, 0.15) is 30.5 Å². The van der Waals surface area contributed by atoms with Crippen LogP contribution in [0.2, 0.25) is 0 Å². The van der Waals surface area contributed by atoms with Crippen LogP contribution in [0.15, 0.2) is 36.1 Å². The van der Waals surface area contributed by atoms with Crippen molar-refractivity contribution in [3.05, 3.63) is 64.9 Å². The number of rotatable bonds is 2. The van der Waals surface area contributed by atoms with E-state index < -0.39 is 11.6 Å². The highest BCUT2D eigenvalue weighted by Gasteiger charge is 2.41. The number of carbonyl (C=O) groups is 1. The summed E-state index contributed by atoms with van der Waals surface area (Å²) in [6.45, 7) is 7.22. The summed E-state index contributed by atoms with van der Waals surface area (Å²) in [4.78, 5) is 12.2. The highest BCUT2D eigenvalue weighted by atomic mass is 16.6. The molecule has 3 heteroatoms. The zero-order valence-electron chi connectivity index (χ0n) is 13.7. The summed E-state index contributed by atoms with van der Waals surface area (Å²) in [7, 11) is 0. The first kappa shape index (κ1) is 15.2. The maximum Gasteiger partial charge on any atom is 0.343 e. The van der Waals surface area contributed by atoms with Crippen molar-refractivity contribution in [3.63, 3.8) is 0 Å². The first-order valence-corrected chi connectivity index (χ1v) is 7.48. The molecule has 0 unspecified atom stereocenters. The van der Waals surface area contributed by atoms with Crippen molar-refractivity contribution < 1.29 is 14.6 Å². The van der Waals surface area contributed by atoms with Gasteiger partial charge in [-0.15, -0.1) is 0 Å². The lowest BCUT2D eigenvalue weighted by molar-refractivity contribution is -0.143. The molecule has 2 aromatic carbocycles. The topological polar surface area (TPSA) is 46.5 Å². The number of aliphatic hydroxyl groups excluding tert-OH is 1. The monoisotopic (exact) mass is 306 g/mol. The van der Waals surface area contributed by atoms with Crippen LogP contribution >= 0.6 is 0 Å². The molecule has 1 N–H and O–H groups in total. The molecule has 0 saturated carbocycles. The maximum atomic E-state index is 12.2. The average Bonchev–Trinajstić information content (AvgIpc) is 2.69. The number of esters is 1. The zero-order chi connectivity index (χ0) is 16.8. The van der Waals surface area contributed by atoms with Crippen LogP contribution in [-0.2, 0) is 9.53 Å². The standard InChI is InChI=1S/C20H18O3/c1-12-5-8-14(9-6-12)15-10-7-13(2)16(11-15)17-18(21)20(3,4)23-19(17)22/h5,7-8,10-11,21H,1-4H3. The van der Waals surface area contributed by atoms with E-state index in [9.17, 15) is 9.90 Å². The van der Waals surface area contributed by atoms with Crippen molar-refractivity contribution in [2.75, 3.05) is 0 Å². The van der Waals surface area contributed by atoms with Crippen molar-refractivity contribution in [1.29, 1.82) is 0 Å². The predicted octanol–water partition coefficient (Wildman–Crippen LogP) is 4.18. The lowest BCUT2D eigenvalue weighted by Crippen LogP contribution is -2.22. The van der Waals surface area contributed by atoms with Crippen LogP contribution < -0.4 is 0 Å². The van der Waals surface area contributed by atoms with Gasteiger partial charge >= 0.3 is 5.97 Å². The summed E-state index contributed by atoms with van der Waals surface area (Å²) in [5.41, 5.74) is 3.67. The molecular weight excluding hydrogens is 288 g/mol.